The second-order valence-electron chi connectivity index (χ2n) is 5.81. The van der Waals surface area contributed by atoms with E-state index in [2.05, 4.69) is 41.5 Å². The van der Waals surface area contributed by atoms with Gasteiger partial charge in [-0.15, -0.1) is 0 Å². The molecule has 7 heteroatoms. The Morgan fingerprint density at radius 2 is 2.00 bits per heavy atom. The molecule has 4 nitrogen and oxygen atoms in total. The molecule has 0 bridgehead atoms. The van der Waals surface area contributed by atoms with Crippen LogP contribution in [0.15, 0.2) is 32.0 Å². The number of hydrogen-bond acceptors (Lipinski definition) is 3. The number of likely N-dealkylation sites (tertiary alicyclic amines) is 1. The third-order valence-corrected chi connectivity index (χ3v) is 7.02. The minimum absolute atomic E-state index is 0.294. The third kappa shape index (κ3) is 3.88. The summed E-state index contributed by atoms with van der Waals surface area (Å²) >= 11 is 6.65. The molecule has 0 spiro atoms. The molecule has 0 radical (unpaired) electrons. The van der Waals surface area contributed by atoms with Gasteiger partial charge in [-0.3, -0.25) is 0 Å². The first-order valence-electron chi connectivity index (χ1n) is 7.14. The smallest absolute Gasteiger partial charge is 0.241 e. The van der Waals surface area contributed by atoms with Gasteiger partial charge >= 0.3 is 0 Å². The molecular weight excluding hydrogens is 420 g/mol. The highest BCUT2D eigenvalue weighted by Gasteiger charge is 2.34. The molecule has 1 aliphatic carbocycles. The van der Waals surface area contributed by atoms with Crippen LogP contribution in [0.3, 0.4) is 0 Å². The van der Waals surface area contributed by atoms with Gasteiger partial charge in [0.2, 0.25) is 10.0 Å². The van der Waals surface area contributed by atoms with Gasteiger partial charge in [-0.1, -0.05) is 15.9 Å². The molecule has 2 fully saturated rings. The third-order valence-electron chi connectivity index (χ3n) is 4.13. The molecule has 1 saturated carbocycles. The van der Waals surface area contributed by atoms with Crippen molar-refractivity contribution in [2.24, 2.45) is 5.92 Å². The van der Waals surface area contributed by atoms with Crippen molar-refractivity contribution in [3.8, 4) is 0 Å². The molecule has 21 heavy (non-hydrogen) atoms. The van der Waals surface area contributed by atoms with Gasteiger partial charge < -0.3 is 4.90 Å². The van der Waals surface area contributed by atoms with Gasteiger partial charge in [0.1, 0.15) is 0 Å². The van der Waals surface area contributed by atoms with E-state index in [1.807, 2.05) is 0 Å². The lowest BCUT2D eigenvalue weighted by atomic mass is 10.1. The maximum atomic E-state index is 12.4. The zero-order valence-electron chi connectivity index (χ0n) is 11.6. The highest BCUT2D eigenvalue weighted by atomic mass is 79.9. The van der Waals surface area contributed by atoms with Gasteiger partial charge in [0.15, 0.2) is 0 Å². The molecule has 1 unspecified atom stereocenters. The molecule has 1 aliphatic heterocycles. The summed E-state index contributed by atoms with van der Waals surface area (Å²) in [5.41, 5.74) is 0. The van der Waals surface area contributed by atoms with E-state index in [1.165, 1.54) is 12.8 Å². The molecule has 1 heterocycles. The van der Waals surface area contributed by atoms with Gasteiger partial charge in [-0.2, -0.15) is 0 Å². The fourth-order valence-corrected chi connectivity index (χ4v) is 5.66. The largest absolute Gasteiger partial charge is 0.300 e. The van der Waals surface area contributed by atoms with E-state index in [0.29, 0.717) is 21.8 Å². The van der Waals surface area contributed by atoms with Crippen molar-refractivity contribution in [3.63, 3.8) is 0 Å². The highest BCUT2D eigenvalue weighted by Crippen LogP contribution is 2.32. The van der Waals surface area contributed by atoms with E-state index in [1.54, 1.807) is 18.2 Å². The molecule has 1 saturated heterocycles. The van der Waals surface area contributed by atoms with Crippen molar-refractivity contribution >= 4 is 41.9 Å². The number of nitrogens with one attached hydrogen (secondary N) is 1. The number of nitrogens with zero attached hydrogens (tertiary/aromatic N) is 1. The summed E-state index contributed by atoms with van der Waals surface area (Å²) in [5.74, 6) is 0.426. The lowest BCUT2D eigenvalue weighted by Gasteiger charge is -2.15. The van der Waals surface area contributed by atoms with Crippen molar-refractivity contribution in [1.29, 1.82) is 0 Å². The van der Waals surface area contributed by atoms with Crippen molar-refractivity contribution in [2.75, 3.05) is 19.6 Å². The summed E-state index contributed by atoms with van der Waals surface area (Å²) in [5, 5.41) is 0. The normalized spacial score (nSPS) is 23.6. The molecule has 116 valence electrons. The van der Waals surface area contributed by atoms with Gasteiger partial charge in [0, 0.05) is 28.1 Å². The molecule has 1 aromatic rings. The van der Waals surface area contributed by atoms with Crippen LogP contribution in [0.2, 0.25) is 0 Å². The summed E-state index contributed by atoms with van der Waals surface area (Å²) in [6.07, 6.45) is 3.70. The Hall–Kier alpha value is 0.0500. The van der Waals surface area contributed by atoms with E-state index in [4.69, 9.17) is 0 Å². The lowest BCUT2D eigenvalue weighted by molar-refractivity contribution is 0.314. The first-order chi connectivity index (χ1) is 9.95. The highest BCUT2D eigenvalue weighted by molar-refractivity contribution is 9.11. The predicted octanol–water partition coefficient (Wildman–Crippen LogP) is 2.97. The predicted molar refractivity (Wildman–Crippen MR) is 89.7 cm³/mol. The molecule has 3 rings (SSSR count). The average Bonchev–Trinajstić information content (AvgIpc) is 3.15. The van der Waals surface area contributed by atoms with Crippen LogP contribution in [-0.4, -0.2) is 39.0 Å². The summed E-state index contributed by atoms with van der Waals surface area (Å²) in [4.78, 5) is 2.79. The molecule has 2 aliphatic rings. The van der Waals surface area contributed by atoms with Crippen LogP contribution < -0.4 is 4.72 Å². The molecular formula is C14H18Br2N2O2S. The Labute approximate surface area is 142 Å². The van der Waals surface area contributed by atoms with E-state index in [0.717, 1.165) is 30.0 Å². The van der Waals surface area contributed by atoms with Gasteiger partial charge in [-0.25, -0.2) is 13.1 Å². The first-order valence-corrected chi connectivity index (χ1v) is 10.2. The number of benzene rings is 1. The van der Waals surface area contributed by atoms with Crippen molar-refractivity contribution < 1.29 is 8.42 Å². The monoisotopic (exact) mass is 436 g/mol. The Bertz CT molecular complexity index is 632. The van der Waals surface area contributed by atoms with E-state index in [9.17, 15) is 8.42 Å². The quantitative estimate of drug-likeness (QED) is 0.770. The van der Waals surface area contributed by atoms with Crippen molar-refractivity contribution in [1.82, 2.24) is 9.62 Å². The summed E-state index contributed by atoms with van der Waals surface area (Å²) in [6.45, 7) is 2.65. The van der Waals surface area contributed by atoms with Crippen LogP contribution in [0, 0.1) is 5.92 Å². The van der Waals surface area contributed by atoms with E-state index < -0.39 is 10.0 Å². The fraction of sp³-hybridized carbons (Fsp3) is 0.571. The Morgan fingerprint density at radius 3 is 2.67 bits per heavy atom. The standard InChI is InChI=1S/C14H18Br2N2O2S/c15-11-1-4-14(13(16)7-11)21(19,20)17-8-10-5-6-18(9-10)12-2-3-12/h1,4,7,10,12,17H,2-3,5-6,8-9H2. The number of rotatable bonds is 5. The molecule has 0 aromatic heterocycles. The minimum atomic E-state index is -3.45. The molecule has 1 N–H and O–H groups in total. The van der Waals surface area contributed by atoms with E-state index in [-0.39, 0.29) is 0 Å². The van der Waals surface area contributed by atoms with Crippen LogP contribution in [0.25, 0.3) is 0 Å². The maximum absolute atomic E-state index is 12.4. The second-order valence-corrected chi connectivity index (χ2v) is 9.31. The minimum Gasteiger partial charge on any atom is -0.300 e. The lowest BCUT2D eigenvalue weighted by Crippen LogP contribution is -2.31. The Kier molecular flexibility index (Phi) is 4.76. The van der Waals surface area contributed by atoms with Gasteiger partial charge in [0.25, 0.3) is 0 Å². The van der Waals surface area contributed by atoms with Crippen LogP contribution >= 0.6 is 31.9 Å². The van der Waals surface area contributed by atoms with Crippen molar-refractivity contribution in [2.45, 2.75) is 30.2 Å². The summed E-state index contributed by atoms with van der Waals surface area (Å²) < 4.78 is 28.9. The van der Waals surface area contributed by atoms with Crippen molar-refractivity contribution in [3.05, 3.63) is 27.1 Å². The Morgan fingerprint density at radius 1 is 1.24 bits per heavy atom. The molecule has 1 atom stereocenters. The summed E-state index contributed by atoms with van der Waals surface area (Å²) in [7, 11) is -3.45. The first kappa shape index (κ1) is 15.9. The fourth-order valence-electron chi connectivity index (χ4n) is 2.80. The Balaban J connectivity index is 1.61. The van der Waals surface area contributed by atoms with E-state index >= 15 is 0 Å². The molecule has 1 aromatic carbocycles. The van der Waals surface area contributed by atoms with Crippen LogP contribution in [0.1, 0.15) is 19.3 Å². The number of hydrogen-bond donors (Lipinski definition) is 1. The SMILES string of the molecule is O=S(=O)(NCC1CCN(C2CC2)C1)c1ccc(Br)cc1Br. The van der Waals surface area contributed by atoms with Gasteiger partial charge in [0.05, 0.1) is 4.90 Å². The average molecular weight is 438 g/mol. The zero-order chi connectivity index (χ0) is 15.0. The summed E-state index contributed by atoms with van der Waals surface area (Å²) in [6, 6.07) is 5.87. The number of halogens is 2. The number of sulfonamides is 1. The zero-order valence-corrected chi connectivity index (χ0v) is 15.5. The molecule has 0 amide bonds. The second kappa shape index (κ2) is 6.28. The van der Waals surface area contributed by atoms with Crippen LogP contribution in [-0.2, 0) is 10.0 Å². The van der Waals surface area contributed by atoms with Crippen LogP contribution in [0.4, 0.5) is 0 Å². The topological polar surface area (TPSA) is 49.4 Å². The van der Waals surface area contributed by atoms with Gasteiger partial charge in [-0.05, 0) is 65.9 Å². The van der Waals surface area contributed by atoms with Crippen LogP contribution in [0.5, 0.6) is 0 Å². The maximum Gasteiger partial charge on any atom is 0.241 e.